The molecule has 0 spiro atoms. The molecule has 1 heteroatoms. The second-order valence-corrected chi connectivity index (χ2v) is 4.34. The zero-order chi connectivity index (χ0) is 12.3. The fourth-order valence-electron chi connectivity index (χ4n) is 0.664. The first-order valence-corrected chi connectivity index (χ1v) is 7.09. The highest BCUT2D eigenvalue weighted by atomic mass is 79.9. The van der Waals surface area contributed by atoms with Crippen LogP contribution in [0, 0.1) is 5.92 Å². The second kappa shape index (κ2) is 12.0. The van der Waals surface area contributed by atoms with Crippen molar-refractivity contribution in [3.05, 3.63) is 23.3 Å². The van der Waals surface area contributed by atoms with E-state index in [1.165, 1.54) is 24.0 Å². The van der Waals surface area contributed by atoms with Gasteiger partial charge in [-0.1, -0.05) is 72.8 Å². The lowest BCUT2D eigenvalue weighted by Gasteiger charge is -1.96. The van der Waals surface area contributed by atoms with Crippen LogP contribution in [0.15, 0.2) is 23.3 Å². The molecular weight excluding hydrogens is 248 g/mol. The van der Waals surface area contributed by atoms with Gasteiger partial charge in [-0.3, -0.25) is 0 Å². The Kier molecular flexibility index (Phi) is 13.9. The van der Waals surface area contributed by atoms with E-state index in [0.29, 0.717) is 0 Å². The molecule has 0 nitrogen and oxygen atoms in total. The number of alkyl halides is 1. The molecule has 0 saturated heterocycles. The van der Waals surface area contributed by atoms with Gasteiger partial charge in [0.25, 0.3) is 0 Å². The minimum atomic E-state index is 0.975. The van der Waals surface area contributed by atoms with E-state index < -0.39 is 0 Å². The van der Waals surface area contributed by atoms with Gasteiger partial charge in [-0.2, -0.15) is 0 Å². The number of halogens is 1. The molecule has 0 unspecified atom stereocenters. The third kappa shape index (κ3) is 14.0. The summed E-state index contributed by atoms with van der Waals surface area (Å²) in [6.45, 7) is 12.6. The topological polar surface area (TPSA) is 0 Å². The molecule has 0 heterocycles. The molecule has 0 aromatic carbocycles. The van der Waals surface area contributed by atoms with Crippen LogP contribution in [-0.2, 0) is 0 Å². The Morgan fingerprint density at radius 2 is 1.67 bits per heavy atom. The van der Waals surface area contributed by atoms with Gasteiger partial charge < -0.3 is 0 Å². The van der Waals surface area contributed by atoms with Crippen LogP contribution in [-0.4, -0.2) is 5.33 Å². The van der Waals surface area contributed by atoms with Crippen molar-refractivity contribution in [2.75, 3.05) is 5.33 Å². The molecular formula is C14H27Br. The summed E-state index contributed by atoms with van der Waals surface area (Å²) in [7, 11) is 0. The van der Waals surface area contributed by atoms with Crippen LogP contribution >= 0.6 is 15.9 Å². The summed E-state index contributed by atoms with van der Waals surface area (Å²) in [5, 5.41) is 0.975. The van der Waals surface area contributed by atoms with Crippen molar-refractivity contribution < 1.29 is 0 Å². The van der Waals surface area contributed by atoms with Gasteiger partial charge in [0.05, 0.1) is 0 Å². The second-order valence-electron chi connectivity index (χ2n) is 3.78. The van der Waals surface area contributed by atoms with Crippen molar-refractivity contribution in [2.24, 2.45) is 5.92 Å². The molecule has 0 N–H and O–H groups in total. The lowest BCUT2D eigenvalue weighted by atomic mass is 10.2. The molecule has 1 aliphatic carbocycles. The van der Waals surface area contributed by atoms with E-state index in [-0.39, 0.29) is 0 Å². The molecule has 1 rings (SSSR count). The molecule has 15 heavy (non-hydrogen) atoms. The first-order valence-electron chi connectivity index (χ1n) is 5.96. The highest BCUT2D eigenvalue weighted by molar-refractivity contribution is 9.09. The molecule has 0 amide bonds. The molecule has 90 valence electrons. The monoisotopic (exact) mass is 274 g/mol. The van der Waals surface area contributed by atoms with E-state index in [1.807, 2.05) is 20.8 Å². The number of hydrogen-bond acceptors (Lipinski definition) is 0. The number of rotatable bonds is 2. The summed E-state index contributed by atoms with van der Waals surface area (Å²) in [6.07, 6.45) is 7.15. The Hall–Kier alpha value is -0.0400. The third-order valence-electron chi connectivity index (χ3n) is 2.16. The van der Waals surface area contributed by atoms with Crippen LogP contribution in [0.3, 0.4) is 0 Å². The summed E-state index contributed by atoms with van der Waals surface area (Å²) in [5.41, 5.74) is 2.75. The highest BCUT2D eigenvalue weighted by Crippen LogP contribution is 2.26. The lowest BCUT2D eigenvalue weighted by Crippen LogP contribution is -1.80. The first kappa shape index (κ1) is 17.4. The van der Waals surface area contributed by atoms with Crippen LogP contribution in [0.25, 0.3) is 0 Å². The summed E-state index contributed by atoms with van der Waals surface area (Å²) in [6, 6.07) is 0. The van der Waals surface area contributed by atoms with Crippen molar-refractivity contribution in [1.82, 2.24) is 0 Å². The van der Waals surface area contributed by atoms with Crippen LogP contribution in [0.2, 0.25) is 0 Å². The van der Waals surface area contributed by atoms with E-state index in [2.05, 4.69) is 48.9 Å². The molecule has 1 aliphatic rings. The Balaban J connectivity index is 0. The minimum Gasteiger partial charge on any atom is -0.0880 e. The number of hydrogen-bond donors (Lipinski definition) is 0. The maximum Gasteiger partial charge on any atom is 0.0244 e. The van der Waals surface area contributed by atoms with Crippen molar-refractivity contribution >= 4 is 15.9 Å². The molecule has 0 aliphatic heterocycles. The van der Waals surface area contributed by atoms with Gasteiger partial charge in [0.2, 0.25) is 0 Å². The highest BCUT2D eigenvalue weighted by Gasteiger charge is 2.12. The third-order valence-corrected chi connectivity index (χ3v) is 3.00. The maximum atomic E-state index is 3.39. The molecule has 0 aromatic rings. The van der Waals surface area contributed by atoms with Crippen LogP contribution < -0.4 is 0 Å². The Morgan fingerprint density at radius 1 is 1.27 bits per heavy atom. The van der Waals surface area contributed by atoms with E-state index in [1.54, 1.807) is 0 Å². The van der Waals surface area contributed by atoms with Gasteiger partial charge >= 0.3 is 0 Å². The van der Waals surface area contributed by atoms with Gasteiger partial charge in [-0.05, 0) is 26.7 Å². The molecule has 1 fully saturated rings. The van der Waals surface area contributed by atoms with E-state index in [0.717, 1.165) is 11.2 Å². The average Bonchev–Trinajstić information content (AvgIpc) is 3.03. The normalized spacial score (nSPS) is 15.9. The molecule has 0 aromatic heterocycles. The van der Waals surface area contributed by atoms with Gasteiger partial charge in [0.15, 0.2) is 0 Å². The smallest absolute Gasteiger partial charge is 0.0244 e. The molecule has 1 saturated carbocycles. The fraction of sp³-hybridized carbons (Fsp3) is 0.714. The van der Waals surface area contributed by atoms with E-state index >= 15 is 0 Å². The van der Waals surface area contributed by atoms with Gasteiger partial charge in [-0.15, -0.1) is 0 Å². The van der Waals surface area contributed by atoms with Crippen molar-refractivity contribution in [1.29, 1.82) is 0 Å². The first-order chi connectivity index (χ1) is 7.11. The van der Waals surface area contributed by atoms with Crippen LogP contribution in [0.5, 0.6) is 0 Å². The quantitative estimate of drug-likeness (QED) is 0.445. The predicted octanol–water partition coefficient (Wildman–Crippen LogP) is 5.74. The van der Waals surface area contributed by atoms with E-state index in [4.69, 9.17) is 0 Å². The van der Waals surface area contributed by atoms with Gasteiger partial charge in [0, 0.05) is 5.33 Å². The zero-order valence-corrected chi connectivity index (χ0v) is 12.8. The largest absolute Gasteiger partial charge is 0.0880 e. The van der Waals surface area contributed by atoms with Crippen LogP contribution in [0.1, 0.15) is 54.4 Å². The zero-order valence-electron chi connectivity index (χ0n) is 11.2. The SMILES string of the molecule is C/C=C\C(C)=C(\C)CBr.CC.CC1CC1. The van der Waals surface area contributed by atoms with Crippen molar-refractivity contribution in [2.45, 2.75) is 54.4 Å². The summed E-state index contributed by atoms with van der Waals surface area (Å²) in [4.78, 5) is 0. The van der Waals surface area contributed by atoms with Crippen LogP contribution in [0.4, 0.5) is 0 Å². The Morgan fingerprint density at radius 3 is 1.87 bits per heavy atom. The maximum absolute atomic E-state index is 3.39. The Bertz CT molecular complexity index is 186. The van der Waals surface area contributed by atoms with Crippen molar-refractivity contribution in [3.8, 4) is 0 Å². The molecule has 0 bridgehead atoms. The average molecular weight is 275 g/mol. The van der Waals surface area contributed by atoms with E-state index in [9.17, 15) is 0 Å². The Labute approximate surface area is 105 Å². The standard InChI is InChI=1S/C8H13Br.C4H8.C2H6/c1-4-5-7(2)8(3)6-9;1-4-2-3-4;1-2/h4-5H,6H2,1-3H3;4H,2-3H2,1H3;1-2H3/b5-4-,8-7-;;. The minimum absolute atomic E-state index is 0.975. The fourth-order valence-corrected chi connectivity index (χ4v) is 1.11. The summed E-state index contributed by atoms with van der Waals surface area (Å²) < 4.78 is 0. The summed E-state index contributed by atoms with van der Waals surface area (Å²) in [5.74, 6) is 1.08. The van der Waals surface area contributed by atoms with Gasteiger partial charge in [0.1, 0.15) is 0 Å². The lowest BCUT2D eigenvalue weighted by molar-refractivity contribution is 0.983. The number of allylic oxidation sites excluding steroid dienone is 4. The van der Waals surface area contributed by atoms with Crippen molar-refractivity contribution in [3.63, 3.8) is 0 Å². The predicted molar refractivity (Wildman–Crippen MR) is 76.7 cm³/mol. The summed E-state index contributed by atoms with van der Waals surface area (Å²) >= 11 is 3.39. The van der Waals surface area contributed by atoms with Gasteiger partial charge in [-0.25, -0.2) is 0 Å². The molecule has 0 radical (unpaired) electrons. The molecule has 0 atom stereocenters.